The number of hydrogen-bond acceptors (Lipinski definition) is 47. The SMILES string of the molecule is O=C(OC[C@@H]1O[C@H](OC(=O)c2cc(O)c(O)c(O)c2)[C@H](OC(=O)c2cc(O)c(O)c(O)c2)[C@@H](OC(=O)c2cc(O)c(O)c(O)c2)[C@@H]1OC(=O)c1cc(O)c(O)c(O)c1[C@@H]1c2c(O)c(O)c(O)c3c2C(=O)O[C@H]1[C@@H]([C@@H]1OC(=O)c2cc(O)c(O)c(O)c2-c2c(cc(O)c(O)c2O)C(=O)OC[C@@H]1O)OC(=O)c1cc(O)c(O)c(O)c1-3)c1cc(O)c(O)c(O)c1. The maximum Gasteiger partial charge on any atom is 0.340 e. The number of carbonyl (C=O) groups is 9. The number of aliphatic hydroxyl groups excluding tert-OH is 1. The fourth-order valence-corrected chi connectivity index (χ4v) is 13.6. The van der Waals surface area contributed by atoms with Crippen LogP contribution in [0.4, 0.5) is 0 Å². The third-order valence-corrected chi connectivity index (χ3v) is 19.3. The number of fused-ring (bicyclic) bond motifs is 7. The van der Waals surface area contributed by atoms with Crippen molar-refractivity contribution in [2.45, 2.75) is 61.0 Å². The second-order valence-corrected chi connectivity index (χ2v) is 26.7. The van der Waals surface area contributed by atoms with E-state index in [2.05, 4.69) is 0 Å². The summed E-state index contributed by atoms with van der Waals surface area (Å²) in [5.74, 6) is -63.3. The van der Waals surface area contributed by atoms with E-state index in [0.29, 0.717) is 54.6 Å². The number of cyclic esters (lactones) is 3. The number of aliphatic hydroxyl groups is 1. The van der Waals surface area contributed by atoms with E-state index in [-0.39, 0.29) is 18.2 Å². The molecule has 122 heavy (non-hydrogen) atoms. The molecule has 0 radical (unpaired) electrons. The first-order valence-electron chi connectivity index (χ1n) is 33.9. The van der Waals surface area contributed by atoms with Crippen molar-refractivity contribution >= 4 is 53.7 Å². The second-order valence-electron chi connectivity index (χ2n) is 26.7. The van der Waals surface area contributed by atoms with Crippen LogP contribution in [-0.2, 0) is 47.4 Å². The van der Waals surface area contributed by atoms with Crippen LogP contribution in [-0.4, -0.2) is 265 Å². The maximum absolute atomic E-state index is 16.3. The van der Waals surface area contributed by atoms with E-state index in [1.807, 2.05) is 0 Å². The van der Waals surface area contributed by atoms with Crippen LogP contribution in [0.25, 0.3) is 22.3 Å². The first kappa shape index (κ1) is 82.7. The van der Waals surface area contributed by atoms with Crippen LogP contribution in [0.5, 0.6) is 155 Å². The number of phenolic OH excluding ortho intramolecular Hbond substituents is 27. The summed E-state index contributed by atoms with van der Waals surface area (Å²) in [5, 5.41) is 311. The molecule has 9 aromatic carbocycles. The highest BCUT2D eigenvalue weighted by atomic mass is 16.8. The average Bonchev–Trinajstić information content (AvgIpc) is 0.702. The second kappa shape index (κ2) is 30.4. The van der Waals surface area contributed by atoms with E-state index in [4.69, 9.17) is 47.4 Å². The quantitative estimate of drug-likeness (QED) is 0.0448. The summed E-state index contributed by atoms with van der Waals surface area (Å²) in [4.78, 5) is 135. The molecule has 10 atom stereocenters. The predicted octanol–water partition coefficient (Wildman–Crippen LogP) is 2.45. The van der Waals surface area contributed by atoms with Crippen LogP contribution in [0.3, 0.4) is 0 Å². The molecule has 636 valence electrons. The number of ether oxygens (including phenoxy) is 10. The molecule has 0 aliphatic carbocycles. The molecular formula is C75H54O47. The number of carbonyl (C=O) groups excluding carboxylic acids is 9. The van der Waals surface area contributed by atoms with Gasteiger partial charge in [-0.3, -0.25) is 0 Å². The first-order valence-corrected chi connectivity index (χ1v) is 33.9. The highest BCUT2D eigenvalue weighted by molar-refractivity contribution is 6.12. The molecule has 4 aliphatic rings. The van der Waals surface area contributed by atoms with Gasteiger partial charge in [-0.05, 0) is 72.8 Å². The number of benzene rings is 9. The Kier molecular flexibility index (Phi) is 20.6. The van der Waals surface area contributed by atoms with Gasteiger partial charge in [0.2, 0.25) is 41.1 Å². The molecule has 47 nitrogen and oxygen atoms in total. The number of rotatable bonds is 13. The number of esters is 9. The lowest BCUT2D eigenvalue weighted by atomic mass is 9.73. The molecular weight excluding hydrogens is 1650 g/mol. The minimum absolute atomic E-state index is 0.0159. The number of hydrogen-bond donors (Lipinski definition) is 28. The van der Waals surface area contributed by atoms with Crippen molar-refractivity contribution in [3.8, 4) is 177 Å². The Morgan fingerprint density at radius 3 is 1.08 bits per heavy atom. The van der Waals surface area contributed by atoms with Crippen LogP contribution < -0.4 is 0 Å². The number of phenols is 27. The molecule has 4 heterocycles. The molecule has 2 bridgehead atoms. The fourth-order valence-electron chi connectivity index (χ4n) is 13.6. The summed E-state index contributed by atoms with van der Waals surface area (Å²) >= 11 is 0. The predicted molar refractivity (Wildman–Crippen MR) is 379 cm³/mol. The molecule has 1 saturated heterocycles. The molecule has 9 aromatic rings. The van der Waals surface area contributed by atoms with Gasteiger partial charge in [-0.1, -0.05) is 0 Å². The van der Waals surface area contributed by atoms with Crippen molar-refractivity contribution in [3.63, 3.8) is 0 Å². The molecule has 0 unspecified atom stereocenters. The Morgan fingerprint density at radius 1 is 0.303 bits per heavy atom. The van der Waals surface area contributed by atoms with Crippen molar-refractivity contribution in [1.29, 1.82) is 0 Å². The maximum atomic E-state index is 16.3. The lowest BCUT2D eigenvalue weighted by molar-refractivity contribution is -0.282. The smallest absolute Gasteiger partial charge is 0.340 e. The molecule has 0 amide bonds. The van der Waals surface area contributed by atoms with Gasteiger partial charge < -0.3 is 190 Å². The van der Waals surface area contributed by atoms with Crippen molar-refractivity contribution in [3.05, 3.63) is 134 Å². The summed E-state index contributed by atoms with van der Waals surface area (Å²) in [6.07, 6.45) is -27.9. The molecule has 4 aliphatic heterocycles. The average molecular weight is 1710 g/mol. The van der Waals surface area contributed by atoms with Gasteiger partial charge in [-0.25, -0.2) is 43.2 Å². The lowest BCUT2D eigenvalue weighted by Crippen LogP contribution is -2.63. The highest BCUT2D eigenvalue weighted by Gasteiger charge is 2.59. The van der Waals surface area contributed by atoms with E-state index in [0.717, 1.165) is 0 Å². The molecule has 0 saturated carbocycles. The molecule has 47 heteroatoms. The van der Waals surface area contributed by atoms with Gasteiger partial charge in [0.15, 0.2) is 157 Å². The minimum Gasteiger partial charge on any atom is -0.504 e. The fraction of sp³-hybridized carbons (Fsp3) is 0.160. The minimum atomic E-state index is -3.32. The van der Waals surface area contributed by atoms with Gasteiger partial charge in [0.1, 0.15) is 25.4 Å². The van der Waals surface area contributed by atoms with Gasteiger partial charge in [0.25, 0.3) is 0 Å². The summed E-state index contributed by atoms with van der Waals surface area (Å²) in [6, 6.07) is 3.71. The normalized spacial score (nSPS) is 19.7. The first-order chi connectivity index (χ1) is 57.3. The molecule has 0 aromatic heterocycles. The highest BCUT2D eigenvalue weighted by Crippen LogP contribution is 2.62. The van der Waals surface area contributed by atoms with Gasteiger partial charge >= 0.3 is 53.7 Å². The monoisotopic (exact) mass is 1710 g/mol. The topological polar surface area (TPSA) is 812 Å². The van der Waals surface area contributed by atoms with Crippen LogP contribution in [0.2, 0.25) is 0 Å². The summed E-state index contributed by atoms with van der Waals surface area (Å²) < 4.78 is 57.3. The van der Waals surface area contributed by atoms with E-state index in [1.165, 1.54) is 0 Å². The van der Waals surface area contributed by atoms with Gasteiger partial charge in [-0.15, -0.1) is 0 Å². The molecule has 13 rings (SSSR count). The van der Waals surface area contributed by atoms with Crippen molar-refractivity contribution in [2.75, 3.05) is 13.2 Å². The Balaban J connectivity index is 1.07. The zero-order chi connectivity index (χ0) is 89.2. The van der Waals surface area contributed by atoms with Crippen LogP contribution in [0.1, 0.15) is 110 Å². The van der Waals surface area contributed by atoms with Crippen LogP contribution >= 0.6 is 0 Å². The third kappa shape index (κ3) is 13.9. The zero-order valence-corrected chi connectivity index (χ0v) is 59.9. The Hall–Kier alpha value is -17.3. The zero-order valence-electron chi connectivity index (χ0n) is 59.9. The van der Waals surface area contributed by atoms with E-state index in [9.17, 15) is 167 Å². The van der Waals surface area contributed by atoms with Crippen LogP contribution in [0, 0.1) is 0 Å². The van der Waals surface area contributed by atoms with E-state index in [1.54, 1.807) is 0 Å². The van der Waals surface area contributed by atoms with Gasteiger partial charge in [0.05, 0.1) is 56.0 Å². The van der Waals surface area contributed by atoms with E-state index >= 15 is 19.2 Å². The Bertz CT molecular complexity index is 5990. The standard InChI is InChI=1S/C75H54O47/c76-23-1-15(2-24(77)45(23)89)66(104)114-14-36-61(64(119-67(105)16-3-25(78)46(90)26(79)4-16)65(121-68(106)17-5-27(80)47(91)28(81)6-17)75(115-36)122-69(107)18-7-29(82)48(92)30(83)8-18)117-72(110)22-12-34(87)52(96)56(100)40(22)43-42-44-41(57(101)59(103)58(42)102)39-21(11-33(86)51(95)55(39)99)73(111)120-63(62(43)118-74(44)112)60-35(88)13-113-70(108)19-9-31(84)49(93)53(97)37(19)38-20(71(109)116-60)10-32(85)50(94)54(38)98/h1-12,35-36,43,60-65,75-103H,13-14H2/t35-,36-,43+,60+,61+,62+,63+,64-,65+,75+/m0/s1. The summed E-state index contributed by atoms with van der Waals surface area (Å²) in [7, 11) is 0. The van der Waals surface area contributed by atoms with Gasteiger partial charge in [0, 0.05) is 33.4 Å². The van der Waals surface area contributed by atoms with Gasteiger partial charge in [-0.2, -0.15) is 0 Å². The van der Waals surface area contributed by atoms with Crippen LogP contribution in [0.15, 0.2) is 72.8 Å². The van der Waals surface area contributed by atoms with Crippen molar-refractivity contribution in [1.82, 2.24) is 0 Å². The Labute approximate surface area is 670 Å². The van der Waals surface area contributed by atoms with Crippen molar-refractivity contribution in [2.24, 2.45) is 0 Å². The van der Waals surface area contributed by atoms with Crippen molar-refractivity contribution < 1.29 is 234 Å². The summed E-state index contributed by atoms with van der Waals surface area (Å²) in [5.41, 5.74) is -20.5. The number of aromatic hydroxyl groups is 27. The Morgan fingerprint density at radius 2 is 0.639 bits per heavy atom. The molecule has 0 spiro atoms. The molecule has 28 N–H and O–H groups in total. The van der Waals surface area contributed by atoms with E-state index < -0.39 is 367 Å². The largest absolute Gasteiger partial charge is 0.504 e. The summed E-state index contributed by atoms with van der Waals surface area (Å²) in [6.45, 7) is -3.47. The third-order valence-electron chi connectivity index (χ3n) is 19.3. The lowest BCUT2D eigenvalue weighted by Gasteiger charge is -2.44. The molecule has 1 fully saturated rings.